The summed E-state index contributed by atoms with van der Waals surface area (Å²) in [5, 5.41) is 11.7. The second-order valence-electron chi connectivity index (χ2n) is 7.09. The van der Waals surface area contributed by atoms with Crippen LogP contribution in [0.2, 0.25) is 0 Å². The lowest BCUT2D eigenvalue weighted by Gasteiger charge is -2.13. The highest BCUT2D eigenvalue weighted by molar-refractivity contribution is 5.96. The van der Waals surface area contributed by atoms with E-state index >= 15 is 0 Å². The highest BCUT2D eigenvalue weighted by Crippen LogP contribution is 2.12. The molecular weight excluding hydrogens is 394 g/mol. The van der Waals surface area contributed by atoms with Gasteiger partial charge >= 0.3 is 0 Å². The van der Waals surface area contributed by atoms with Crippen molar-refractivity contribution < 1.29 is 9.53 Å². The Morgan fingerprint density at radius 2 is 1.97 bits per heavy atom. The van der Waals surface area contributed by atoms with Gasteiger partial charge in [-0.3, -0.25) is 19.4 Å². The molecule has 3 aromatic heterocycles. The number of nitrogens with zero attached hydrogens (tertiary/aromatic N) is 3. The summed E-state index contributed by atoms with van der Waals surface area (Å²) in [6, 6.07) is 14.4. The van der Waals surface area contributed by atoms with E-state index in [9.17, 15) is 9.59 Å². The molecular formula is C23H23N5O3. The molecule has 0 atom stereocenters. The Morgan fingerprint density at radius 1 is 1.19 bits per heavy atom. The van der Waals surface area contributed by atoms with Gasteiger partial charge in [-0.25, -0.2) is 4.98 Å². The molecule has 0 spiro atoms. The van der Waals surface area contributed by atoms with Gasteiger partial charge in [-0.05, 0) is 49.2 Å². The zero-order valence-electron chi connectivity index (χ0n) is 17.4. The summed E-state index contributed by atoms with van der Waals surface area (Å²) in [5.74, 6) is 0.388. The van der Waals surface area contributed by atoms with E-state index in [1.165, 1.54) is 10.5 Å². The Labute approximate surface area is 178 Å². The Hall–Kier alpha value is -3.94. The second-order valence-corrected chi connectivity index (χ2v) is 7.09. The average molecular weight is 417 g/mol. The first-order chi connectivity index (χ1) is 15.0. The summed E-state index contributed by atoms with van der Waals surface area (Å²) >= 11 is 0. The lowest BCUT2D eigenvalue weighted by Crippen LogP contribution is -2.35. The molecule has 8 heteroatoms. The highest BCUT2D eigenvalue weighted by atomic mass is 16.5. The fraction of sp³-hybridized carbons (Fsp3) is 0.217. The van der Waals surface area contributed by atoms with Crippen LogP contribution < -0.4 is 21.1 Å². The summed E-state index contributed by atoms with van der Waals surface area (Å²) < 4.78 is 8.18. The fourth-order valence-electron chi connectivity index (χ4n) is 3.58. The third kappa shape index (κ3) is 3.79. The van der Waals surface area contributed by atoms with Gasteiger partial charge < -0.3 is 14.6 Å². The molecule has 0 fully saturated rings. The number of aromatic nitrogens is 3. The van der Waals surface area contributed by atoms with Crippen molar-refractivity contribution in [3.63, 3.8) is 0 Å². The number of nitrogens with one attached hydrogen (secondary N) is 2. The smallest absolute Gasteiger partial charge is 0.267 e. The molecule has 0 aliphatic rings. The number of fused-ring (bicyclic) bond motifs is 2. The van der Waals surface area contributed by atoms with Crippen molar-refractivity contribution in [3.8, 4) is 5.75 Å². The van der Waals surface area contributed by atoms with Crippen molar-refractivity contribution in [1.82, 2.24) is 19.3 Å². The number of rotatable bonds is 6. The van der Waals surface area contributed by atoms with Gasteiger partial charge in [-0.2, -0.15) is 0 Å². The first-order valence-electron chi connectivity index (χ1n) is 10.0. The normalized spacial score (nSPS) is 11.0. The maximum Gasteiger partial charge on any atom is 0.267 e. The van der Waals surface area contributed by atoms with Crippen molar-refractivity contribution in [2.75, 3.05) is 13.7 Å². The zero-order chi connectivity index (χ0) is 22.0. The number of carbonyl (C=O) groups is 1. The van der Waals surface area contributed by atoms with Crippen LogP contribution in [0.3, 0.4) is 0 Å². The minimum Gasteiger partial charge on any atom is -0.497 e. The largest absolute Gasteiger partial charge is 0.497 e. The Bertz CT molecular complexity index is 1390. The van der Waals surface area contributed by atoms with Crippen molar-refractivity contribution in [1.29, 1.82) is 5.41 Å². The molecule has 0 saturated heterocycles. The first-order valence-corrected chi connectivity index (χ1v) is 10.0. The molecule has 1 aromatic carbocycles. The lowest BCUT2D eigenvalue weighted by molar-refractivity contribution is 0.0951. The minimum atomic E-state index is -0.389. The molecule has 0 bridgehead atoms. The maximum absolute atomic E-state index is 13.0. The monoisotopic (exact) mass is 417 g/mol. The summed E-state index contributed by atoms with van der Waals surface area (Å²) in [6.07, 6.45) is 2.28. The number of methoxy groups -OCH3 is 1. The van der Waals surface area contributed by atoms with E-state index in [2.05, 4.69) is 10.3 Å². The summed E-state index contributed by atoms with van der Waals surface area (Å²) in [7, 11) is 1.62. The third-order valence-electron chi connectivity index (χ3n) is 5.24. The topological polar surface area (TPSA) is 101 Å². The van der Waals surface area contributed by atoms with Crippen LogP contribution >= 0.6 is 0 Å². The lowest BCUT2D eigenvalue weighted by atomic mass is 10.1. The Balaban J connectivity index is 1.66. The van der Waals surface area contributed by atoms with Crippen LogP contribution in [-0.4, -0.2) is 33.5 Å². The molecule has 0 saturated carbocycles. The number of pyridine rings is 2. The van der Waals surface area contributed by atoms with Gasteiger partial charge in [0.05, 0.1) is 18.1 Å². The van der Waals surface area contributed by atoms with Crippen LogP contribution in [0.1, 0.15) is 22.8 Å². The predicted octanol–water partition coefficient (Wildman–Crippen LogP) is 2.13. The summed E-state index contributed by atoms with van der Waals surface area (Å²) in [5.41, 5.74) is 1.87. The molecule has 8 nitrogen and oxygen atoms in total. The summed E-state index contributed by atoms with van der Waals surface area (Å²) in [4.78, 5) is 30.4. The van der Waals surface area contributed by atoms with Gasteiger partial charge in [0.2, 0.25) is 0 Å². The van der Waals surface area contributed by atoms with Gasteiger partial charge in [0.15, 0.2) is 0 Å². The van der Waals surface area contributed by atoms with E-state index in [1.807, 2.05) is 31.2 Å². The number of hydrogen-bond acceptors (Lipinski definition) is 5. The number of aryl methyl sites for hydroxylation is 1. The molecule has 3 heterocycles. The van der Waals surface area contributed by atoms with Crippen LogP contribution in [-0.2, 0) is 13.0 Å². The highest BCUT2D eigenvalue weighted by Gasteiger charge is 2.16. The fourth-order valence-corrected chi connectivity index (χ4v) is 3.58. The van der Waals surface area contributed by atoms with E-state index in [0.717, 1.165) is 11.3 Å². The maximum atomic E-state index is 13.0. The molecule has 158 valence electrons. The number of benzene rings is 1. The number of carbonyl (C=O) groups excluding carboxylic acids is 1. The molecule has 0 aliphatic heterocycles. The number of ether oxygens (including phenoxy) is 1. The van der Waals surface area contributed by atoms with E-state index < -0.39 is 0 Å². The zero-order valence-corrected chi connectivity index (χ0v) is 17.4. The quantitative estimate of drug-likeness (QED) is 0.469. The number of amides is 1. The average Bonchev–Trinajstić information content (AvgIpc) is 2.79. The van der Waals surface area contributed by atoms with Crippen molar-refractivity contribution in [2.24, 2.45) is 0 Å². The van der Waals surface area contributed by atoms with Crippen LogP contribution in [0, 0.1) is 5.41 Å². The van der Waals surface area contributed by atoms with Crippen LogP contribution in [0.4, 0.5) is 0 Å². The molecule has 31 heavy (non-hydrogen) atoms. The van der Waals surface area contributed by atoms with Crippen molar-refractivity contribution in [3.05, 3.63) is 81.7 Å². The minimum absolute atomic E-state index is 0.0316. The van der Waals surface area contributed by atoms with Crippen LogP contribution in [0.5, 0.6) is 5.75 Å². The van der Waals surface area contributed by atoms with E-state index in [4.69, 9.17) is 10.1 Å². The van der Waals surface area contributed by atoms with E-state index in [0.29, 0.717) is 36.2 Å². The Morgan fingerprint density at radius 3 is 2.68 bits per heavy atom. The molecule has 4 rings (SSSR count). The van der Waals surface area contributed by atoms with Crippen molar-refractivity contribution in [2.45, 2.75) is 19.9 Å². The predicted molar refractivity (Wildman–Crippen MR) is 118 cm³/mol. The van der Waals surface area contributed by atoms with E-state index in [1.54, 1.807) is 36.1 Å². The first kappa shape index (κ1) is 20.3. The second kappa shape index (κ2) is 8.43. The molecule has 2 N–H and O–H groups in total. The van der Waals surface area contributed by atoms with Gasteiger partial charge in [-0.15, -0.1) is 0 Å². The van der Waals surface area contributed by atoms with Gasteiger partial charge in [-0.1, -0.05) is 18.2 Å². The molecule has 1 amide bonds. The molecule has 0 radical (unpaired) electrons. The van der Waals surface area contributed by atoms with Crippen LogP contribution in [0.25, 0.3) is 16.7 Å². The molecule has 0 aliphatic carbocycles. The Kier molecular flexibility index (Phi) is 5.53. The van der Waals surface area contributed by atoms with Crippen LogP contribution in [0.15, 0.2) is 59.5 Å². The number of hydrogen-bond donors (Lipinski definition) is 2. The summed E-state index contributed by atoms with van der Waals surface area (Å²) in [6.45, 7) is 2.68. The van der Waals surface area contributed by atoms with Gasteiger partial charge in [0.25, 0.3) is 11.5 Å². The van der Waals surface area contributed by atoms with Gasteiger partial charge in [0, 0.05) is 19.3 Å². The van der Waals surface area contributed by atoms with Crippen molar-refractivity contribution >= 4 is 22.6 Å². The van der Waals surface area contributed by atoms with E-state index in [-0.39, 0.29) is 22.5 Å². The third-order valence-corrected chi connectivity index (χ3v) is 5.24. The standard InChI is InChI=1S/C23H23N5O3/c1-3-27-20(24)17(22(29)25-12-11-15-7-9-16(31-2)10-8-15)14-18-21(27)26-19-6-4-5-13-28(19)23(18)30/h4-10,13-14,24H,3,11-12H2,1-2H3,(H,25,29). The SMILES string of the molecule is CCn1c(=N)c(C(=O)NCCc2ccc(OC)cc2)cc2c(=O)n3ccccc3nc21. The van der Waals surface area contributed by atoms with Gasteiger partial charge in [0.1, 0.15) is 22.5 Å². The molecule has 4 aromatic rings. The molecule has 0 unspecified atom stereocenters.